The van der Waals surface area contributed by atoms with Gasteiger partial charge in [-0.1, -0.05) is 12.1 Å². The van der Waals surface area contributed by atoms with E-state index in [1.54, 1.807) is 6.92 Å². The van der Waals surface area contributed by atoms with Crippen LogP contribution >= 0.6 is 0 Å². The van der Waals surface area contributed by atoms with E-state index in [1.165, 1.54) is 38.2 Å². The molecule has 0 heterocycles. The summed E-state index contributed by atoms with van der Waals surface area (Å²) in [5.74, 6) is -2.04. The minimum atomic E-state index is -3.76. The molecule has 0 spiro atoms. The van der Waals surface area contributed by atoms with Gasteiger partial charge in [0.05, 0.1) is 17.9 Å². The van der Waals surface area contributed by atoms with E-state index >= 15 is 0 Å². The highest BCUT2D eigenvalue weighted by molar-refractivity contribution is 7.88. The highest BCUT2D eigenvalue weighted by atomic mass is 32.2. The molecule has 1 N–H and O–H groups in total. The number of likely N-dealkylation sites (N-methyl/N-ethyl adjacent to an activating group) is 1. The second kappa shape index (κ2) is 7.37. The average Bonchev–Trinajstić information content (AvgIpc) is 2.46. The van der Waals surface area contributed by atoms with Crippen LogP contribution in [0.2, 0.25) is 0 Å². The van der Waals surface area contributed by atoms with E-state index in [-0.39, 0.29) is 12.4 Å². The first-order valence-corrected chi connectivity index (χ1v) is 8.24. The second-order valence-electron chi connectivity index (χ2n) is 4.70. The lowest BCUT2D eigenvalue weighted by atomic mass is 10.1. The van der Waals surface area contributed by atoms with Gasteiger partial charge in [-0.05, 0) is 31.5 Å². The molecule has 0 saturated heterocycles. The summed E-state index contributed by atoms with van der Waals surface area (Å²) in [6.45, 7) is 3.24. The van der Waals surface area contributed by atoms with Gasteiger partial charge < -0.3 is 9.84 Å². The zero-order valence-electron chi connectivity index (χ0n) is 12.6. The van der Waals surface area contributed by atoms with Gasteiger partial charge >= 0.3 is 11.9 Å². The van der Waals surface area contributed by atoms with Gasteiger partial charge in [-0.2, -0.15) is 4.31 Å². The molecule has 0 aromatic heterocycles. The molecular weight excluding hydrogens is 310 g/mol. The number of sulfonamides is 1. The number of carbonyl (C=O) groups is 2. The van der Waals surface area contributed by atoms with Gasteiger partial charge in [0.25, 0.3) is 0 Å². The lowest BCUT2D eigenvalue weighted by Crippen LogP contribution is -2.40. The van der Waals surface area contributed by atoms with Crippen LogP contribution in [0.25, 0.3) is 0 Å². The van der Waals surface area contributed by atoms with Crippen molar-refractivity contribution in [1.29, 1.82) is 0 Å². The Morgan fingerprint density at radius 1 is 1.27 bits per heavy atom. The molecule has 22 heavy (non-hydrogen) atoms. The Morgan fingerprint density at radius 2 is 1.82 bits per heavy atom. The zero-order valence-corrected chi connectivity index (χ0v) is 13.5. The minimum Gasteiger partial charge on any atom is -0.480 e. The summed E-state index contributed by atoms with van der Waals surface area (Å²) in [5.41, 5.74) is 0.785. The van der Waals surface area contributed by atoms with E-state index in [9.17, 15) is 18.0 Å². The number of nitrogens with zero attached hydrogens (tertiary/aromatic N) is 1. The Bertz CT molecular complexity index is 638. The Kier molecular flexibility index (Phi) is 6.07. The highest BCUT2D eigenvalue weighted by Gasteiger charge is 2.28. The van der Waals surface area contributed by atoms with Crippen molar-refractivity contribution in [2.24, 2.45) is 0 Å². The molecule has 0 saturated carbocycles. The number of esters is 1. The quantitative estimate of drug-likeness (QED) is 0.752. The number of aliphatic carboxylic acids is 1. The number of carboxylic acid groups (broad SMARTS) is 1. The summed E-state index contributed by atoms with van der Waals surface area (Å²) >= 11 is 0. The third kappa shape index (κ3) is 4.54. The van der Waals surface area contributed by atoms with Crippen LogP contribution < -0.4 is 0 Å². The van der Waals surface area contributed by atoms with Crippen LogP contribution in [0, 0.1) is 0 Å². The normalized spacial score (nSPS) is 12.9. The van der Waals surface area contributed by atoms with E-state index in [4.69, 9.17) is 9.84 Å². The smallest absolute Gasteiger partial charge is 0.338 e. The average molecular weight is 329 g/mol. The van der Waals surface area contributed by atoms with Crippen molar-refractivity contribution < 1.29 is 27.9 Å². The number of hydrogen-bond donors (Lipinski definition) is 1. The number of carboxylic acids is 1. The summed E-state index contributed by atoms with van der Waals surface area (Å²) in [5, 5.41) is 8.87. The highest BCUT2D eigenvalue weighted by Crippen LogP contribution is 2.14. The fourth-order valence-corrected chi connectivity index (χ4v) is 3.05. The first-order chi connectivity index (χ1) is 10.2. The van der Waals surface area contributed by atoms with Gasteiger partial charge in [0.1, 0.15) is 6.04 Å². The molecular formula is C14H19NO6S. The predicted octanol–water partition coefficient (Wildman–Crippen LogP) is 1.10. The maximum absolute atomic E-state index is 12.1. The molecule has 0 bridgehead atoms. The van der Waals surface area contributed by atoms with E-state index in [2.05, 4.69) is 0 Å². The Hall–Kier alpha value is -1.93. The lowest BCUT2D eigenvalue weighted by Gasteiger charge is -2.21. The molecule has 1 unspecified atom stereocenters. The van der Waals surface area contributed by atoms with Gasteiger partial charge in [0.15, 0.2) is 0 Å². The molecule has 1 aromatic carbocycles. The maximum Gasteiger partial charge on any atom is 0.338 e. The number of ether oxygens (including phenoxy) is 1. The van der Waals surface area contributed by atoms with Crippen LogP contribution in [-0.2, 0) is 25.3 Å². The SMILES string of the molecule is CCOC(=O)c1ccc(CS(=O)(=O)N(C)C(C)C(=O)O)cc1. The predicted molar refractivity (Wildman–Crippen MR) is 79.9 cm³/mol. The molecule has 0 fully saturated rings. The number of benzene rings is 1. The summed E-state index contributed by atoms with van der Waals surface area (Å²) in [6, 6.07) is 4.81. The van der Waals surface area contributed by atoms with Crippen LogP contribution in [0.5, 0.6) is 0 Å². The van der Waals surface area contributed by atoms with E-state index in [1.807, 2.05) is 0 Å². The molecule has 0 aliphatic rings. The Labute approximate surface area is 129 Å². The van der Waals surface area contributed by atoms with Crippen LogP contribution in [-0.4, -0.2) is 49.5 Å². The third-order valence-electron chi connectivity index (χ3n) is 3.16. The summed E-state index contributed by atoms with van der Waals surface area (Å²) < 4.78 is 29.9. The van der Waals surface area contributed by atoms with Gasteiger partial charge in [0, 0.05) is 7.05 Å². The lowest BCUT2D eigenvalue weighted by molar-refractivity contribution is -0.140. The largest absolute Gasteiger partial charge is 0.480 e. The van der Waals surface area contributed by atoms with E-state index < -0.39 is 28.0 Å². The molecule has 1 atom stereocenters. The van der Waals surface area contributed by atoms with E-state index in [0.717, 1.165) is 4.31 Å². The molecule has 7 nitrogen and oxygen atoms in total. The monoisotopic (exact) mass is 329 g/mol. The standard InChI is InChI=1S/C14H19NO6S/c1-4-21-14(18)12-7-5-11(6-8-12)9-22(19,20)15(3)10(2)13(16)17/h5-8,10H,4,9H2,1-3H3,(H,16,17). The molecule has 0 aliphatic heterocycles. The molecule has 1 aromatic rings. The third-order valence-corrected chi connectivity index (χ3v) is 5.05. The van der Waals surface area contributed by atoms with Crippen molar-refractivity contribution in [3.8, 4) is 0 Å². The number of hydrogen-bond acceptors (Lipinski definition) is 5. The molecule has 0 amide bonds. The van der Waals surface area contributed by atoms with Crippen LogP contribution in [0.1, 0.15) is 29.8 Å². The van der Waals surface area contributed by atoms with Gasteiger partial charge in [-0.3, -0.25) is 4.79 Å². The van der Waals surface area contributed by atoms with E-state index in [0.29, 0.717) is 11.1 Å². The Morgan fingerprint density at radius 3 is 2.27 bits per heavy atom. The first-order valence-electron chi connectivity index (χ1n) is 6.63. The van der Waals surface area contributed by atoms with Crippen LogP contribution in [0.3, 0.4) is 0 Å². The van der Waals surface area contributed by atoms with Gasteiger partial charge in [-0.25, -0.2) is 13.2 Å². The number of rotatable bonds is 7. The fraction of sp³-hybridized carbons (Fsp3) is 0.429. The van der Waals surface area contributed by atoms with Crippen molar-refractivity contribution in [3.05, 3.63) is 35.4 Å². The van der Waals surface area contributed by atoms with Crippen LogP contribution in [0.15, 0.2) is 24.3 Å². The topological polar surface area (TPSA) is 101 Å². The molecule has 8 heteroatoms. The van der Waals surface area contributed by atoms with Crippen molar-refractivity contribution in [2.75, 3.05) is 13.7 Å². The van der Waals surface area contributed by atoms with Crippen molar-refractivity contribution >= 4 is 22.0 Å². The molecule has 122 valence electrons. The molecule has 0 radical (unpaired) electrons. The maximum atomic E-state index is 12.1. The molecule has 0 aliphatic carbocycles. The summed E-state index contributed by atoms with van der Waals surface area (Å²) in [4.78, 5) is 22.4. The molecule has 1 rings (SSSR count). The van der Waals surface area contributed by atoms with Gasteiger partial charge in [-0.15, -0.1) is 0 Å². The first kappa shape index (κ1) is 18.1. The zero-order chi connectivity index (χ0) is 16.9. The Balaban J connectivity index is 2.86. The summed E-state index contributed by atoms with van der Waals surface area (Å²) in [6.07, 6.45) is 0. The van der Waals surface area contributed by atoms with Crippen LogP contribution in [0.4, 0.5) is 0 Å². The second-order valence-corrected chi connectivity index (χ2v) is 6.73. The van der Waals surface area contributed by atoms with Crippen molar-refractivity contribution in [3.63, 3.8) is 0 Å². The number of carbonyl (C=O) groups excluding carboxylic acids is 1. The van der Waals surface area contributed by atoms with Crippen molar-refractivity contribution in [1.82, 2.24) is 4.31 Å². The minimum absolute atomic E-state index is 0.257. The van der Waals surface area contributed by atoms with Gasteiger partial charge in [0.2, 0.25) is 10.0 Å². The van der Waals surface area contributed by atoms with Crippen molar-refractivity contribution in [2.45, 2.75) is 25.6 Å². The summed E-state index contributed by atoms with van der Waals surface area (Å²) in [7, 11) is -2.54. The fourth-order valence-electron chi connectivity index (χ4n) is 1.66.